The molecule has 2 heterocycles. The molecule has 0 fully saturated rings. The van der Waals surface area contributed by atoms with E-state index < -0.39 is 0 Å². The molecule has 0 bridgehead atoms. The van der Waals surface area contributed by atoms with Crippen molar-refractivity contribution in [2.24, 2.45) is 0 Å². The van der Waals surface area contributed by atoms with Crippen LogP contribution < -0.4 is 5.32 Å². The molecular weight excluding hydrogens is 304 g/mol. The van der Waals surface area contributed by atoms with Crippen molar-refractivity contribution in [1.29, 1.82) is 0 Å². The second kappa shape index (κ2) is 5.92. The summed E-state index contributed by atoms with van der Waals surface area (Å²) >= 11 is 4.99. The van der Waals surface area contributed by atoms with Gasteiger partial charge in [-0.2, -0.15) is 5.10 Å². The number of hydrogen-bond acceptors (Lipinski definition) is 4. The fraction of sp³-hybridized carbons (Fsp3) is 0.300. The van der Waals surface area contributed by atoms with Crippen LogP contribution in [-0.4, -0.2) is 20.7 Å². The highest BCUT2D eigenvalue weighted by Gasteiger charge is 2.03. The number of halogens is 1. The predicted octanol–water partition coefficient (Wildman–Crippen LogP) is 1.81. The molecule has 1 amide bonds. The number of carbonyl (C=O) groups is 1. The van der Waals surface area contributed by atoms with Crippen LogP contribution in [0.4, 0.5) is 0 Å². The Kier molecular flexibility index (Phi) is 4.27. The van der Waals surface area contributed by atoms with Crippen LogP contribution in [0.25, 0.3) is 0 Å². The van der Waals surface area contributed by atoms with Gasteiger partial charge in [0, 0.05) is 21.2 Å². The molecule has 0 radical (unpaired) electrons. The Balaban J connectivity index is 1.71. The molecule has 0 unspecified atom stereocenters. The number of thiophene rings is 1. The third kappa shape index (κ3) is 3.94. The maximum Gasteiger partial charge on any atom is 0.222 e. The highest BCUT2D eigenvalue weighted by molar-refractivity contribution is 9.10. The lowest BCUT2D eigenvalue weighted by Crippen LogP contribution is -2.23. The summed E-state index contributed by atoms with van der Waals surface area (Å²) in [6.45, 7) is 1.13. The van der Waals surface area contributed by atoms with E-state index in [9.17, 15) is 4.79 Å². The summed E-state index contributed by atoms with van der Waals surface area (Å²) in [6, 6.07) is 2.00. The van der Waals surface area contributed by atoms with Gasteiger partial charge in [-0.3, -0.25) is 9.48 Å². The van der Waals surface area contributed by atoms with Crippen molar-refractivity contribution in [1.82, 2.24) is 20.1 Å². The van der Waals surface area contributed by atoms with Gasteiger partial charge in [-0.1, -0.05) is 0 Å². The smallest absolute Gasteiger partial charge is 0.222 e. The Morgan fingerprint density at radius 2 is 2.47 bits per heavy atom. The minimum Gasteiger partial charge on any atom is -0.351 e. The Morgan fingerprint density at radius 3 is 3.12 bits per heavy atom. The normalized spacial score (nSPS) is 10.4. The standard InChI is InChI=1S/C10H11BrN4OS/c11-8-3-9(17-5-8)4-13-10(16)1-2-15-7-12-6-14-15/h3,5-7H,1-2,4H2,(H,13,16). The molecule has 0 aliphatic rings. The first-order valence-corrected chi connectivity index (χ1v) is 6.73. The SMILES string of the molecule is O=C(CCn1cncn1)NCc1cc(Br)cs1. The highest BCUT2D eigenvalue weighted by Crippen LogP contribution is 2.19. The van der Waals surface area contributed by atoms with Crippen molar-refractivity contribution >= 4 is 33.2 Å². The van der Waals surface area contributed by atoms with Crippen molar-refractivity contribution in [3.63, 3.8) is 0 Å². The summed E-state index contributed by atoms with van der Waals surface area (Å²) in [5, 5.41) is 8.79. The number of rotatable bonds is 5. The second-order valence-electron chi connectivity index (χ2n) is 3.42. The molecule has 1 N–H and O–H groups in total. The molecule has 0 aromatic carbocycles. The van der Waals surface area contributed by atoms with Gasteiger partial charge in [0.15, 0.2) is 0 Å². The third-order valence-corrected chi connectivity index (χ3v) is 3.81. The van der Waals surface area contributed by atoms with Gasteiger partial charge in [-0.25, -0.2) is 4.98 Å². The molecular formula is C10H11BrN4OS. The average molecular weight is 315 g/mol. The van der Waals surface area contributed by atoms with Crippen molar-refractivity contribution in [3.05, 3.63) is 33.5 Å². The van der Waals surface area contributed by atoms with E-state index >= 15 is 0 Å². The topological polar surface area (TPSA) is 59.8 Å². The van der Waals surface area contributed by atoms with E-state index in [1.807, 2.05) is 11.4 Å². The summed E-state index contributed by atoms with van der Waals surface area (Å²) in [4.78, 5) is 16.5. The molecule has 0 spiro atoms. The van der Waals surface area contributed by atoms with Crippen molar-refractivity contribution in [2.75, 3.05) is 0 Å². The monoisotopic (exact) mass is 314 g/mol. The zero-order chi connectivity index (χ0) is 12.1. The summed E-state index contributed by atoms with van der Waals surface area (Å²) in [5.74, 6) is 0.0185. The molecule has 2 aromatic rings. The van der Waals surface area contributed by atoms with E-state index in [0.29, 0.717) is 19.5 Å². The maximum absolute atomic E-state index is 11.5. The van der Waals surface area contributed by atoms with Crippen molar-refractivity contribution in [3.8, 4) is 0 Å². The molecule has 2 aromatic heterocycles. The minimum atomic E-state index is 0.0185. The number of nitrogens with zero attached hydrogens (tertiary/aromatic N) is 3. The molecule has 0 atom stereocenters. The number of hydrogen-bond donors (Lipinski definition) is 1. The Bertz CT molecular complexity index is 482. The largest absolute Gasteiger partial charge is 0.351 e. The molecule has 0 aliphatic carbocycles. The molecule has 0 saturated carbocycles. The van der Waals surface area contributed by atoms with Gasteiger partial charge in [-0.15, -0.1) is 11.3 Å². The zero-order valence-corrected chi connectivity index (χ0v) is 11.4. The molecule has 0 aliphatic heterocycles. The van der Waals surface area contributed by atoms with Gasteiger partial charge >= 0.3 is 0 Å². The van der Waals surface area contributed by atoms with Crippen LogP contribution in [0.1, 0.15) is 11.3 Å². The van der Waals surface area contributed by atoms with Gasteiger partial charge in [-0.05, 0) is 22.0 Å². The summed E-state index contributed by atoms with van der Waals surface area (Å²) in [5.41, 5.74) is 0. The van der Waals surface area contributed by atoms with Crippen molar-refractivity contribution in [2.45, 2.75) is 19.5 Å². The van der Waals surface area contributed by atoms with Gasteiger partial charge in [0.1, 0.15) is 12.7 Å². The minimum absolute atomic E-state index is 0.0185. The number of nitrogens with one attached hydrogen (secondary N) is 1. The van der Waals surface area contributed by atoms with Crippen LogP contribution in [0.5, 0.6) is 0 Å². The van der Waals surface area contributed by atoms with Gasteiger partial charge in [0.25, 0.3) is 0 Å². The summed E-state index contributed by atoms with van der Waals surface area (Å²) in [6.07, 6.45) is 3.47. The lowest BCUT2D eigenvalue weighted by atomic mass is 10.4. The molecule has 2 rings (SSSR count). The second-order valence-corrected chi connectivity index (χ2v) is 5.33. The molecule has 7 heteroatoms. The van der Waals surface area contributed by atoms with Gasteiger partial charge < -0.3 is 5.32 Å². The van der Waals surface area contributed by atoms with Crippen LogP contribution in [0, 0.1) is 0 Å². The van der Waals surface area contributed by atoms with E-state index in [2.05, 4.69) is 31.3 Å². The van der Waals surface area contributed by atoms with Crippen LogP contribution >= 0.6 is 27.3 Å². The van der Waals surface area contributed by atoms with Gasteiger partial charge in [0.2, 0.25) is 5.91 Å². The average Bonchev–Trinajstić information content (AvgIpc) is 2.95. The number of aromatic nitrogens is 3. The van der Waals surface area contributed by atoms with Gasteiger partial charge in [0.05, 0.1) is 13.1 Å². The van der Waals surface area contributed by atoms with Crippen molar-refractivity contribution < 1.29 is 4.79 Å². The predicted molar refractivity (Wildman–Crippen MR) is 68.5 cm³/mol. The molecule has 90 valence electrons. The quantitative estimate of drug-likeness (QED) is 0.915. The molecule has 5 nitrogen and oxygen atoms in total. The van der Waals surface area contributed by atoms with Crippen LogP contribution in [0.15, 0.2) is 28.6 Å². The number of aryl methyl sites for hydroxylation is 1. The van der Waals surface area contributed by atoms with E-state index in [0.717, 1.165) is 9.35 Å². The fourth-order valence-electron chi connectivity index (χ4n) is 1.28. The first kappa shape index (κ1) is 12.3. The number of amides is 1. The third-order valence-electron chi connectivity index (χ3n) is 2.12. The summed E-state index contributed by atoms with van der Waals surface area (Å²) < 4.78 is 2.69. The van der Waals surface area contributed by atoms with E-state index in [1.165, 1.54) is 6.33 Å². The van der Waals surface area contributed by atoms with Crippen LogP contribution in [0.2, 0.25) is 0 Å². The van der Waals surface area contributed by atoms with E-state index in [1.54, 1.807) is 22.3 Å². The fourth-order valence-corrected chi connectivity index (χ4v) is 2.68. The highest BCUT2D eigenvalue weighted by atomic mass is 79.9. The first-order chi connectivity index (χ1) is 8.24. The van der Waals surface area contributed by atoms with E-state index in [-0.39, 0.29) is 5.91 Å². The Labute approximate surface area is 111 Å². The molecule has 17 heavy (non-hydrogen) atoms. The van der Waals surface area contributed by atoms with E-state index in [4.69, 9.17) is 0 Å². The Hall–Kier alpha value is -1.21. The summed E-state index contributed by atoms with van der Waals surface area (Å²) in [7, 11) is 0. The van der Waals surface area contributed by atoms with Crippen LogP contribution in [-0.2, 0) is 17.9 Å². The number of carbonyl (C=O) groups excluding carboxylic acids is 1. The maximum atomic E-state index is 11.5. The lowest BCUT2D eigenvalue weighted by Gasteiger charge is -2.03. The molecule has 0 saturated heterocycles. The zero-order valence-electron chi connectivity index (χ0n) is 8.97. The lowest BCUT2D eigenvalue weighted by molar-refractivity contribution is -0.121. The first-order valence-electron chi connectivity index (χ1n) is 5.06. The Morgan fingerprint density at radius 1 is 1.59 bits per heavy atom. The van der Waals surface area contributed by atoms with Crippen LogP contribution in [0.3, 0.4) is 0 Å².